The number of alkyl halides is 3. The van der Waals surface area contributed by atoms with Gasteiger partial charge >= 0.3 is 6.18 Å². The van der Waals surface area contributed by atoms with Gasteiger partial charge in [-0.15, -0.1) is 0 Å². The summed E-state index contributed by atoms with van der Waals surface area (Å²) in [6.45, 7) is 1.95. The zero-order valence-electron chi connectivity index (χ0n) is 12.1. The Balaban J connectivity index is 2.53. The van der Waals surface area contributed by atoms with Crippen LogP contribution in [0.5, 0.6) is 0 Å². The summed E-state index contributed by atoms with van der Waals surface area (Å²) in [6.07, 6.45) is -4.44. The number of fused-ring (bicyclic) bond motifs is 3. The molecule has 3 rings (SSSR count). The first kappa shape index (κ1) is 15.9. The highest BCUT2D eigenvalue weighted by molar-refractivity contribution is 6.37. The molecule has 3 nitrogen and oxygen atoms in total. The molecule has 3 aromatic rings. The second kappa shape index (κ2) is 4.99. The third-order valence-electron chi connectivity index (χ3n) is 3.95. The van der Waals surface area contributed by atoms with E-state index in [1.165, 1.54) is 6.92 Å². The molecule has 0 aliphatic carbocycles. The van der Waals surface area contributed by atoms with Gasteiger partial charge in [0, 0.05) is 28.6 Å². The summed E-state index contributed by atoms with van der Waals surface area (Å²) < 4.78 is 53.8. The van der Waals surface area contributed by atoms with Crippen molar-refractivity contribution in [2.24, 2.45) is 0 Å². The molecule has 0 atom stereocenters. The Hall–Kier alpha value is -2.02. The summed E-state index contributed by atoms with van der Waals surface area (Å²) in [5.74, 6) is -0.826. The molecule has 8 heteroatoms. The fourth-order valence-electron chi connectivity index (χ4n) is 2.88. The minimum atomic E-state index is -4.44. The second-order valence-corrected chi connectivity index (χ2v) is 5.80. The minimum Gasteiger partial charge on any atom is -0.335 e. The van der Waals surface area contributed by atoms with E-state index in [-0.39, 0.29) is 21.4 Å². The molecule has 0 unspecified atom stereocenters. The van der Waals surface area contributed by atoms with Crippen molar-refractivity contribution in [1.29, 1.82) is 0 Å². The van der Waals surface area contributed by atoms with Crippen LogP contribution in [0.15, 0.2) is 16.9 Å². The molecule has 2 aromatic heterocycles. The SMILES string of the molecule is Cc1c(C)n(CC(F)(F)F)c2cc(F)c3[nH]c(=O)cc(Cl)c3c12. The molecule has 0 saturated carbocycles. The molecular formula is C15H11ClF4N2O. The molecule has 0 fully saturated rings. The lowest BCUT2D eigenvalue weighted by molar-refractivity contribution is -0.140. The van der Waals surface area contributed by atoms with Gasteiger partial charge in [0.15, 0.2) is 0 Å². The van der Waals surface area contributed by atoms with Gasteiger partial charge in [0.1, 0.15) is 12.4 Å². The van der Waals surface area contributed by atoms with E-state index in [4.69, 9.17) is 11.6 Å². The van der Waals surface area contributed by atoms with Crippen molar-refractivity contribution in [3.05, 3.63) is 44.6 Å². The molecule has 1 N–H and O–H groups in total. The maximum Gasteiger partial charge on any atom is 0.406 e. The van der Waals surface area contributed by atoms with E-state index >= 15 is 0 Å². The lowest BCUT2D eigenvalue weighted by atomic mass is 10.1. The van der Waals surface area contributed by atoms with E-state index in [2.05, 4.69) is 4.98 Å². The zero-order valence-corrected chi connectivity index (χ0v) is 12.9. The Labute approximate surface area is 132 Å². The molecule has 0 amide bonds. The molecule has 2 heterocycles. The standard InChI is InChI=1S/C15H11ClF4N2O/c1-6-7(2)22(5-15(18,19)20)10-4-9(17)14-13(12(6)10)8(16)3-11(23)21-14/h3-4H,5H2,1-2H3,(H,21,23). The number of aromatic nitrogens is 2. The van der Waals surface area contributed by atoms with Gasteiger partial charge in [0.05, 0.1) is 16.1 Å². The van der Waals surface area contributed by atoms with Crippen molar-refractivity contribution < 1.29 is 17.6 Å². The predicted octanol–water partition coefficient (Wildman–Crippen LogP) is 4.45. The quantitative estimate of drug-likeness (QED) is 0.649. The van der Waals surface area contributed by atoms with Crippen LogP contribution in [-0.4, -0.2) is 15.7 Å². The topological polar surface area (TPSA) is 37.8 Å². The zero-order chi connectivity index (χ0) is 17.1. The lowest BCUT2D eigenvalue weighted by Crippen LogP contribution is -2.18. The van der Waals surface area contributed by atoms with Crippen LogP contribution < -0.4 is 5.56 Å². The molecule has 0 spiro atoms. The average Bonchev–Trinajstić information content (AvgIpc) is 2.62. The number of aromatic amines is 1. The molecule has 0 radical (unpaired) electrons. The molecular weight excluding hydrogens is 336 g/mol. The fraction of sp³-hybridized carbons (Fsp3) is 0.267. The molecule has 122 valence electrons. The summed E-state index contributed by atoms with van der Waals surface area (Å²) >= 11 is 6.06. The van der Waals surface area contributed by atoms with Crippen molar-refractivity contribution in [2.45, 2.75) is 26.6 Å². The maximum atomic E-state index is 14.3. The highest BCUT2D eigenvalue weighted by Gasteiger charge is 2.30. The van der Waals surface area contributed by atoms with Gasteiger partial charge < -0.3 is 9.55 Å². The van der Waals surface area contributed by atoms with E-state index in [0.29, 0.717) is 16.6 Å². The number of halogens is 5. The Bertz CT molecular complexity index is 1000. The van der Waals surface area contributed by atoms with E-state index in [1.807, 2.05) is 0 Å². The van der Waals surface area contributed by atoms with Crippen molar-refractivity contribution in [3.8, 4) is 0 Å². The van der Waals surface area contributed by atoms with Crippen molar-refractivity contribution in [2.75, 3.05) is 0 Å². The first-order valence-corrected chi connectivity index (χ1v) is 7.05. The first-order valence-electron chi connectivity index (χ1n) is 6.67. The number of hydrogen-bond donors (Lipinski definition) is 1. The van der Waals surface area contributed by atoms with Gasteiger partial charge in [-0.3, -0.25) is 4.79 Å². The van der Waals surface area contributed by atoms with Gasteiger partial charge in [-0.25, -0.2) is 4.39 Å². The normalized spacial score (nSPS) is 12.5. The lowest BCUT2D eigenvalue weighted by Gasteiger charge is -2.12. The third-order valence-corrected chi connectivity index (χ3v) is 4.25. The number of aryl methyl sites for hydroxylation is 1. The number of pyridine rings is 1. The summed E-state index contributed by atoms with van der Waals surface area (Å²) in [5.41, 5.74) is 0.332. The predicted molar refractivity (Wildman–Crippen MR) is 80.6 cm³/mol. The highest BCUT2D eigenvalue weighted by Crippen LogP contribution is 2.37. The van der Waals surface area contributed by atoms with E-state index in [0.717, 1.165) is 16.7 Å². The summed E-state index contributed by atoms with van der Waals surface area (Å²) in [5, 5.41) is 0.618. The van der Waals surface area contributed by atoms with Crippen molar-refractivity contribution in [3.63, 3.8) is 0 Å². The van der Waals surface area contributed by atoms with Gasteiger partial charge in [0.2, 0.25) is 5.56 Å². The summed E-state index contributed by atoms with van der Waals surface area (Å²) in [4.78, 5) is 13.8. The number of hydrogen-bond acceptors (Lipinski definition) is 1. The maximum absolute atomic E-state index is 14.3. The molecule has 0 aliphatic heterocycles. The minimum absolute atomic E-state index is 0.000471. The van der Waals surface area contributed by atoms with Gasteiger partial charge in [-0.05, 0) is 19.4 Å². The van der Waals surface area contributed by atoms with E-state index in [9.17, 15) is 22.4 Å². The molecule has 23 heavy (non-hydrogen) atoms. The Morgan fingerprint density at radius 1 is 1.22 bits per heavy atom. The van der Waals surface area contributed by atoms with Crippen LogP contribution >= 0.6 is 11.6 Å². The first-order chi connectivity index (χ1) is 10.6. The highest BCUT2D eigenvalue weighted by atomic mass is 35.5. The molecule has 1 aromatic carbocycles. The monoisotopic (exact) mass is 346 g/mol. The van der Waals surface area contributed by atoms with Crippen LogP contribution in [-0.2, 0) is 6.54 Å². The van der Waals surface area contributed by atoms with Crippen LogP contribution in [0.25, 0.3) is 21.8 Å². The molecule has 0 saturated heterocycles. The number of nitrogens with one attached hydrogen (secondary N) is 1. The number of benzene rings is 1. The van der Waals surface area contributed by atoms with Gasteiger partial charge in [-0.2, -0.15) is 13.2 Å². The third kappa shape index (κ3) is 2.49. The average molecular weight is 347 g/mol. The van der Waals surface area contributed by atoms with Crippen molar-refractivity contribution >= 4 is 33.4 Å². The summed E-state index contributed by atoms with van der Waals surface area (Å²) in [7, 11) is 0. The number of rotatable bonds is 1. The van der Waals surface area contributed by atoms with E-state index in [1.54, 1.807) is 6.92 Å². The molecule has 0 bridgehead atoms. The Morgan fingerprint density at radius 2 is 1.87 bits per heavy atom. The largest absolute Gasteiger partial charge is 0.406 e. The molecule has 0 aliphatic rings. The van der Waals surface area contributed by atoms with Crippen LogP contribution in [0.3, 0.4) is 0 Å². The Kier molecular flexibility index (Phi) is 3.44. The van der Waals surface area contributed by atoms with Gasteiger partial charge in [0.25, 0.3) is 0 Å². The summed E-state index contributed by atoms with van der Waals surface area (Å²) in [6, 6.07) is 2.08. The van der Waals surface area contributed by atoms with Crippen LogP contribution in [0.2, 0.25) is 5.02 Å². The van der Waals surface area contributed by atoms with Crippen LogP contribution in [0, 0.1) is 19.7 Å². The fourth-order valence-corrected chi connectivity index (χ4v) is 3.17. The van der Waals surface area contributed by atoms with Crippen molar-refractivity contribution in [1.82, 2.24) is 9.55 Å². The number of H-pyrrole nitrogens is 1. The Morgan fingerprint density at radius 3 is 2.48 bits per heavy atom. The van der Waals surface area contributed by atoms with Crippen LogP contribution in [0.1, 0.15) is 11.3 Å². The van der Waals surface area contributed by atoms with Gasteiger partial charge in [-0.1, -0.05) is 11.6 Å². The second-order valence-electron chi connectivity index (χ2n) is 5.40. The number of nitrogens with zero attached hydrogens (tertiary/aromatic N) is 1. The van der Waals surface area contributed by atoms with E-state index < -0.39 is 24.1 Å². The smallest absolute Gasteiger partial charge is 0.335 e. The van der Waals surface area contributed by atoms with Crippen LogP contribution in [0.4, 0.5) is 17.6 Å².